The van der Waals surface area contributed by atoms with Crippen LogP contribution in [0.15, 0.2) is 92.8 Å². The summed E-state index contributed by atoms with van der Waals surface area (Å²) in [5.74, 6) is -0.721. The number of anilines is 2. The summed E-state index contributed by atoms with van der Waals surface area (Å²) in [4.78, 5) is 29.3. The fourth-order valence-corrected chi connectivity index (χ4v) is 4.76. The van der Waals surface area contributed by atoms with Gasteiger partial charge in [-0.2, -0.15) is 0 Å². The van der Waals surface area contributed by atoms with Gasteiger partial charge in [-0.15, -0.1) is 0 Å². The number of halogens is 2. The van der Waals surface area contributed by atoms with E-state index in [2.05, 4.69) is 28.2 Å². The molecule has 0 aliphatic carbocycles. The highest BCUT2D eigenvalue weighted by Crippen LogP contribution is 2.38. The molecule has 168 valence electrons. The summed E-state index contributed by atoms with van der Waals surface area (Å²) in [6, 6.07) is 22.3. The SMILES string of the molecule is CCCCc1ccc(N2C(=O)C(Nc3ccc(Br)cc3)=C(Sc3ccc(Cl)cc3)C2=O)cc1. The molecule has 4 nitrogen and oxygen atoms in total. The second kappa shape index (κ2) is 10.6. The Kier molecular flexibility index (Phi) is 7.58. The van der Waals surface area contributed by atoms with Crippen molar-refractivity contribution in [1.82, 2.24) is 0 Å². The minimum atomic E-state index is -0.374. The average Bonchev–Trinajstić information content (AvgIpc) is 3.05. The molecule has 1 aliphatic rings. The second-order valence-electron chi connectivity index (χ2n) is 7.61. The summed E-state index contributed by atoms with van der Waals surface area (Å²) in [6.07, 6.45) is 3.20. The predicted molar refractivity (Wildman–Crippen MR) is 140 cm³/mol. The number of nitrogens with one attached hydrogen (secondary N) is 1. The highest BCUT2D eigenvalue weighted by Gasteiger charge is 2.40. The quantitative estimate of drug-likeness (QED) is 0.301. The number of hydrogen-bond acceptors (Lipinski definition) is 4. The monoisotopic (exact) mass is 540 g/mol. The van der Waals surface area contributed by atoms with E-state index in [0.717, 1.165) is 34.3 Å². The Labute approximate surface area is 211 Å². The van der Waals surface area contributed by atoms with Crippen LogP contribution in [-0.4, -0.2) is 11.8 Å². The molecule has 4 rings (SSSR count). The number of unbranched alkanes of at least 4 members (excludes halogenated alkanes) is 1. The molecule has 33 heavy (non-hydrogen) atoms. The van der Waals surface area contributed by atoms with E-state index in [0.29, 0.717) is 15.6 Å². The maximum absolute atomic E-state index is 13.5. The molecule has 1 aliphatic heterocycles. The summed E-state index contributed by atoms with van der Waals surface area (Å²) >= 11 is 10.7. The first-order valence-electron chi connectivity index (χ1n) is 10.6. The van der Waals surface area contributed by atoms with Gasteiger partial charge in [0.2, 0.25) is 0 Å². The van der Waals surface area contributed by atoms with Crippen molar-refractivity contribution in [1.29, 1.82) is 0 Å². The average molecular weight is 542 g/mol. The van der Waals surface area contributed by atoms with E-state index in [1.54, 1.807) is 12.1 Å². The molecule has 1 heterocycles. The minimum absolute atomic E-state index is 0.261. The molecule has 3 aromatic rings. The van der Waals surface area contributed by atoms with Crippen molar-refractivity contribution >= 4 is 62.5 Å². The van der Waals surface area contributed by atoms with Crippen molar-refractivity contribution in [3.8, 4) is 0 Å². The van der Waals surface area contributed by atoms with Gasteiger partial charge in [-0.05, 0) is 79.1 Å². The molecule has 0 spiro atoms. The maximum atomic E-state index is 13.5. The molecule has 7 heteroatoms. The van der Waals surface area contributed by atoms with E-state index >= 15 is 0 Å². The Bertz CT molecular complexity index is 1120. The summed E-state index contributed by atoms with van der Waals surface area (Å²) < 4.78 is 0.927. The van der Waals surface area contributed by atoms with Crippen LogP contribution in [0.25, 0.3) is 0 Å². The zero-order valence-corrected chi connectivity index (χ0v) is 21.1. The molecule has 0 saturated heterocycles. The van der Waals surface area contributed by atoms with Crippen molar-refractivity contribution < 1.29 is 9.59 Å². The molecule has 0 fully saturated rings. The lowest BCUT2D eigenvalue weighted by molar-refractivity contribution is -0.120. The van der Waals surface area contributed by atoms with Gasteiger partial charge in [0, 0.05) is 20.1 Å². The topological polar surface area (TPSA) is 49.4 Å². The zero-order valence-electron chi connectivity index (χ0n) is 18.0. The molecule has 0 atom stereocenters. The van der Waals surface area contributed by atoms with Crippen molar-refractivity contribution in [2.45, 2.75) is 31.1 Å². The lowest BCUT2D eigenvalue weighted by Crippen LogP contribution is -2.32. The molecule has 0 aromatic heterocycles. The van der Waals surface area contributed by atoms with Gasteiger partial charge in [0.15, 0.2) is 0 Å². The molecule has 3 aromatic carbocycles. The third kappa shape index (κ3) is 5.52. The smallest absolute Gasteiger partial charge is 0.283 e. The Balaban J connectivity index is 1.66. The number of benzene rings is 3. The number of carbonyl (C=O) groups excluding carboxylic acids is 2. The van der Waals surface area contributed by atoms with Crippen LogP contribution in [0.4, 0.5) is 11.4 Å². The van der Waals surface area contributed by atoms with Crippen LogP contribution < -0.4 is 10.2 Å². The first kappa shape index (κ1) is 23.6. The molecule has 0 saturated carbocycles. The van der Waals surface area contributed by atoms with E-state index in [9.17, 15) is 9.59 Å². The highest BCUT2D eigenvalue weighted by molar-refractivity contribution is 9.10. The molecule has 1 N–H and O–H groups in total. The lowest BCUT2D eigenvalue weighted by atomic mass is 10.1. The van der Waals surface area contributed by atoms with E-state index in [-0.39, 0.29) is 17.5 Å². The van der Waals surface area contributed by atoms with Crippen LogP contribution in [0.3, 0.4) is 0 Å². The second-order valence-corrected chi connectivity index (χ2v) is 10.0. The van der Waals surface area contributed by atoms with Gasteiger partial charge in [0.1, 0.15) is 10.6 Å². The number of amides is 2. The van der Waals surface area contributed by atoms with Gasteiger partial charge in [-0.3, -0.25) is 9.59 Å². The van der Waals surface area contributed by atoms with Gasteiger partial charge in [-0.1, -0.05) is 64.8 Å². The lowest BCUT2D eigenvalue weighted by Gasteiger charge is -2.16. The third-order valence-electron chi connectivity index (χ3n) is 5.20. The Morgan fingerprint density at radius 1 is 0.909 bits per heavy atom. The molecular weight excluding hydrogens is 520 g/mol. The largest absolute Gasteiger partial charge is 0.350 e. The molecule has 0 unspecified atom stereocenters. The summed E-state index contributed by atoms with van der Waals surface area (Å²) in [5.41, 5.74) is 2.74. The fraction of sp³-hybridized carbons (Fsp3) is 0.154. The Morgan fingerprint density at radius 3 is 2.21 bits per heavy atom. The van der Waals surface area contributed by atoms with Crippen LogP contribution >= 0.6 is 39.3 Å². The standard InChI is InChI=1S/C26H22BrClN2O2S/c1-2-3-4-17-5-13-21(14-6-17)30-25(31)23(29-20-11-7-18(27)8-12-20)24(26(30)32)33-22-15-9-19(28)10-16-22/h5-16,29H,2-4H2,1H3. The number of rotatable bonds is 8. The predicted octanol–water partition coefficient (Wildman–Crippen LogP) is 7.43. The van der Waals surface area contributed by atoms with Crippen molar-refractivity contribution in [2.24, 2.45) is 0 Å². The first-order chi connectivity index (χ1) is 16.0. The summed E-state index contributed by atoms with van der Waals surface area (Å²) in [5, 5.41) is 3.78. The summed E-state index contributed by atoms with van der Waals surface area (Å²) in [6.45, 7) is 2.15. The van der Waals surface area contributed by atoms with E-state index in [1.165, 1.54) is 22.2 Å². The number of hydrogen-bond donors (Lipinski definition) is 1. The van der Waals surface area contributed by atoms with Crippen LogP contribution in [0, 0.1) is 0 Å². The minimum Gasteiger partial charge on any atom is -0.350 e. The van der Waals surface area contributed by atoms with E-state index < -0.39 is 0 Å². The number of carbonyl (C=O) groups is 2. The van der Waals surface area contributed by atoms with Gasteiger partial charge >= 0.3 is 0 Å². The Morgan fingerprint density at radius 2 is 1.58 bits per heavy atom. The number of aryl methyl sites for hydroxylation is 1. The fourth-order valence-electron chi connectivity index (χ4n) is 3.44. The van der Waals surface area contributed by atoms with Crippen LogP contribution in [0.1, 0.15) is 25.3 Å². The molecular formula is C26H22BrClN2O2S. The number of nitrogens with zero attached hydrogens (tertiary/aromatic N) is 1. The van der Waals surface area contributed by atoms with Crippen molar-refractivity contribution in [3.63, 3.8) is 0 Å². The van der Waals surface area contributed by atoms with E-state index in [4.69, 9.17) is 11.6 Å². The molecule has 0 bridgehead atoms. The normalized spacial score (nSPS) is 13.7. The highest BCUT2D eigenvalue weighted by atomic mass is 79.9. The van der Waals surface area contributed by atoms with Gasteiger partial charge in [0.25, 0.3) is 11.8 Å². The van der Waals surface area contributed by atoms with Crippen molar-refractivity contribution in [2.75, 3.05) is 10.2 Å². The van der Waals surface area contributed by atoms with Gasteiger partial charge in [0.05, 0.1) is 5.69 Å². The number of thioether (sulfide) groups is 1. The van der Waals surface area contributed by atoms with Gasteiger partial charge in [-0.25, -0.2) is 4.90 Å². The first-order valence-corrected chi connectivity index (χ1v) is 12.6. The van der Waals surface area contributed by atoms with Crippen LogP contribution in [-0.2, 0) is 16.0 Å². The van der Waals surface area contributed by atoms with Crippen LogP contribution in [0.5, 0.6) is 0 Å². The molecule has 2 amide bonds. The Hall–Kier alpha value is -2.54. The summed E-state index contributed by atoms with van der Waals surface area (Å²) in [7, 11) is 0. The van der Waals surface area contributed by atoms with Crippen molar-refractivity contribution in [3.05, 3.63) is 98.5 Å². The van der Waals surface area contributed by atoms with Gasteiger partial charge < -0.3 is 5.32 Å². The maximum Gasteiger partial charge on any atom is 0.283 e. The third-order valence-corrected chi connectivity index (χ3v) is 7.07. The zero-order chi connectivity index (χ0) is 23.4. The molecule has 0 radical (unpaired) electrons. The van der Waals surface area contributed by atoms with E-state index in [1.807, 2.05) is 60.7 Å². The number of imide groups is 1. The van der Waals surface area contributed by atoms with Crippen LogP contribution in [0.2, 0.25) is 5.02 Å².